The SMILES string of the molecule is Cc1cc(C2(N)NC(Nc3ccc(F)cc3)=Nc3ccccc32)n[nH]1. The van der Waals surface area contributed by atoms with Gasteiger partial charge in [-0.1, -0.05) is 18.2 Å². The molecule has 25 heavy (non-hydrogen) atoms. The van der Waals surface area contributed by atoms with E-state index < -0.39 is 5.66 Å². The highest BCUT2D eigenvalue weighted by atomic mass is 19.1. The summed E-state index contributed by atoms with van der Waals surface area (Å²) in [6.07, 6.45) is 0. The first-order valence-electron chi connectivity index (χ1n) is 7.85. The second kappa shape index (κ2) is 5.71. The zero-order chi connectivity index (χ0) is 17.4. The number of para-hydroxylation sites is 1. The molecule has 2 aromatic carbocycles. The largest absolute Gasteiger partial charge is 0.329 e. The number of aromatic amines is 1. The van der Waals surface area contributed by atoms with E-state index in [-0.39, 0.29) is 5.82 Å². The maximum atomic E-state index is 13.1. The Balaban J connectivity index is 1.75. The van der Waals surface area contributed by atoms with E-state index in [1.807, 2.05) is 37.3 Å². The molecule has 3 aromatic rings. The number of rotatable bonds is 2. The molecule has 1 aromatic heterocycles. The van der Waals surface area contributed by atoms with Crippen LogP contribution in [0, 0.1) is 12.7 Å². The van der Waals surface area contributed by atoms with Crippen LogP contribution in [0.1, 0.15) is 17.0 Å². The van der Waals surface area contributed by atoms with Gasteiger partial charge < -0.3 is 10.6 Å². The van der Waals surface area contributed by atoms with Crippen molar-refractivity contribution in [2.24, 2.45) is 10.7 Å². The lowest BCUT2D eigenvalue weighted by Crippen LogP contribution is -2.57. The summed E-state index contributed by atoms with van der Waals surface area (Å²) < 4.78 is 13.1. The number of fused-ring (bicyclic) bond motifs is 1. The van der Waals surface area contributed by atoms with E-state index in [1.54, 1.807) is 12.1 Å². The number of aryl methyl sites for hydroxylation is 1. The number of hydrogen-bond donors (Lipinski definition) is 4. The lowest BCUT2D eigenvalue weighted by atomic mass is 9.93. The minimum absolute atomic E-state index is 0.297. The summed E-state index contributed by atoms with van der Waals surface area (Å²) in [6.45, 7) is 1.92. The van der Waals surface area contributed by atoms with E-state index in [1.165, 1.54) is 12.1 Å². The van der Waals surface area contributed by atoms with Crippen molar-refractivity contribution in [2.45, 2.75) is 12.6 Å². The predicted octanol–water partition coefficient (Wildman–Crippen LogP) is 2.72. The Morgan fingerprint density at radius 2 is 1.88 bits per heavy atom. The molecule has 0 spiro atoms. The van der Waals surface area contributed by atoms with Crippen molar-refractivity contribution in [3.05, 3.63) is 77.4 Å². The van der Waals surface area contributed by atoms with Crippen LogP contribution in [0.4, 0.5) is 15.8 Å². The maximum absolute atomic E-state index is 13.1. The fraction of sp³-hybridized carbons (Fsp3) is 0.111. The second-order valence-corrected chi connectivity index (χ2v) is 5.98. The molecule has 1 aliphatic rings. The van der Waals surface area contributed by atoms with Crippen molar-refractivity contribution in [3.8, 4) is 0 Å². The number of aliphatic imine (C=N–C) groups is 1. The molecule has 0 amide bonds. The molecule has 0 fully saturated rings. The Hall–Kier alpha value is -3.19. The molecule has 0 saturated carbocycles. The average Bonchev–Trinajstić information content (AvgIpc) is 3.04. The van der Waals surface area contributed by atoms with Crippen molar-refractivity contribution >= 4 is 17.3 Å². The Morgan fingerprint density at radius 1 is 1.12 bits per heavy atom. The lowest BCUT2D eigenvalue weighted by Gasteiger charge is -2.35. The van der Waals surface area contributed by atoms with Crippen LogP contribution in [-0.2, 0) is 5.66 Å². The van der Waals surface area contributed by atoms with E-state index in [2.05, 4.69) is 25.8 Å². The number of nitrogens with one attached hydrogen (secondary N) is 3. The number of H-pyrrole nitrogens is 1. The van der Waals surface area contributed by atoms with Crippen LogP contribution in [0.5, 0.6) is 0 Å². The van der Waals surface area contributed by atoms with E-state index in [0.717, 1.165) is 16.9 Å². The van der Waals surface area contributed by atoms with E-state index in [4.69, 9.17) is 5.73 Å². The van der Waals surface area contributed by atoms with E-state index in [0.29, 0.717) is 17.3 Å². The van der Waals surface area contributed by atoms with Gasteiger partial charge >= 0.3 is 0 Å². The molecule has 4 rings (SSSR count). The van der Waals surface area contributed by atoms with Crippen LogP contribution in [0.2, 0.25) is 0 Å². The summed E-state index contributed by atoms with van der Waals surface area (Å²) in [7, 11) is 0. The van der Waals surface area contributed by atoms with Gasteiger partial charge in [0.15, 0.2) is 5.66 Å². The molecule has 0 bridgehead atoms. The Labute approximate surface area is 144 Å². The third-order valence-electron chi connectivity index (χ3n) is 4.09. The highest BCUT2D eigenvalue weighted by Crippen LogP contribution is 2.34. The van der Waals surface area contributed by atoms with Gasteiger partial charge in [-0.25, -0.2) is 9.38 Å². The summed E-state index contributed by atoms with van der Waals surface area (Å²) in [5, 5.41) is 13.6. The minimum Gasteiger partial charge on any atom is -0.329 e. The number of nitrogens with two attached hydrogens (primary N) is 1. The van der Waals surface area contributed by atoms with Crippen LogP contribution >= 0.6 is 0 Å². The topological polar surface area (TPSA) is 91.1 Å². The Morgan fingerprint density at radius 3 is 2.60 bits per heavy atom. The smallest absolute Gasteiger partial charge is 0.203 e. The summed E-state index contributed by atoms with van der Waals surface area (Å²) in [6, 6.07) is 15.6. The first-order valence-corrected chi connectivity index (χ1v) is 7.85. The van der Waals surface area contributed by atoms with Gasteiger partial charge in [0.2, 0.25) is 5.96 Å². The van der Waals surface area contributed by atoms with Crippen LogP contribution in [-0.4, -0.2) is 16.2 Å². The summed E-state index contributed by atoms with van der Waals surface area (Å²) >= 11 is 0. The first kappa shape index (κ1) is 15.3. The molecule has 1 atom stereocenters. The molecule has 0 aliphatic carbocycles. The molecule has 0 saturated heterocycles. The van der Waals surface area contributed by atoms with Gasteiger partial charge in [0, 0.05) is 16.9 Å². The molecule has 1 aliphatic heterocycles. The van der Waals surface area contributed by atoms with Gasteiger partial charge in [-0.05, 0) is 43.3 Å². The zero-order valence-electron chi connectivity index (χ0n) is 13.5. The molecular weight excluding hydrogens is 319 g/mol. The lowest BCUT2D eigenvalue weighted by molar-refractivity contribution is 0.476. The summed E-state index contributed by atoms with van der Waals surface area (Å²) in [4.78, 5) is 4.57. The van der Waals surface area contributed by atoms with Crippen LogP contribution in [0.3, 0.4) is 0 Å². The molecule has 126 valence electrons. The molecule has 1 unspecified atom stereocenters. The number of anilines is 1. The Kier molecular flexibility index (Phi) is 3.51. The van der Waals surface area contributed by atoms with Crippen LogP contribution in [0.25, 0.3) is 0 Å². The quantitative estimate of drug-likeness (QED) is 0.579. The summed E-state index contributed by atoms with van der Waals surface area (Å²) in [5.41, 5.74) is 9.50. The van der Waals surface area contributed by atoms with Gasteiger partial charge in [-0.2, -0.15) is 5.10 Å². The van der Waals surface area contributed by atoms with Crippen molar-refractivity contribution in [1.82, 2.24) is 15.5 Å². The predicted molar refractivity (Wildman–Crippen MR) is 95.0 cm³/mol. The first-order chi connectivity index (χ1) is 12.0. The number of guanidine groups is 1. The fourth-order valence-electron chi connectivity index (χ4n) is 2.86. The standard InChI is InChI=1S/C18H17FN6/c1-11-10-16(25-24-11)18(20)14-4-2-3-5-15(14)22-17(23-18)21-13-8-6-12(19)7-9-13/h2-10H,20H2,1H3,(H,24,25)(H2,21,22,23). The monoisotopic (exact) mass is 336 g/mol. The highest BCUT2D eigenvalue weighted by Gasteiger charge is 2.38. The molecule has 2 heterocycles. The van der Waals surface area contributed by atoms with Gasteiger partial charge in [0.1, 0.15) is 11.5 Å². The van der Waals surface area contributed by atoms with Gasteiger partial charge in [0.05, 0.1) is 5.69 Å². The normalized spacial score (nSPS) is 18.9. The average molecular weight is 336 g/mol. The fourth-order valence-corrected chi connectivity index (χ4v) is 2.86. The van der Waals surface area contributed by atoms with Crippen molar-refractivity contribution in [3.63, 3.8) is 0 Å². The molecule has 7 heteroatoms. The molecular formula is C18H17FN6. The zero-order valence-corrected chi connectivity index (χ0v) is 13.5. The minimum atomic E-state index is -1.04. The maximum Gasteiger partial charge on any atom is 0.203 e. The Bertz CT molecular complexity index is 946. The third-order valence-corrected chi connectivity index (χ3v) is 4.09. The molecule has 0 radical (unpaired) electrons. The van der Waals surface area contributed by atoms with Crippen molar-refractivity contribution < 1.29 is 4.39 Å². The van der Waals surface area contributed by atoms with E-state index in [9.17, 15) is 4.39 Å². The van der Waals surface area contributed by atoms with E-state index >= 15 is 0 Å². The molecule has 5 N–H and O–H groups in total. The number of hydrogen-bond acceptors (Lipinski definition) is 5. The third kappa shape index (κ3) is 2.74. The second-order valence-electron chi connectivity index (χ2n) is 5.98. The number of halogens is 1. The van der Waals surface area contributed by atoms with Crippen LogP contribution < -0.4 is 16.4 Å². The number of benzene rings is 2. The van der Waals surface area contributed by atoms with Crippen LogP contribution in [0.15, 0.2) is 59.6 Å². The number of aromatic nitrogens is 2. The van der Waals surface area contributed by atoms with Crippen molar-refractivity contribution in [2.75, 3.05) is 5.32 Å². The highest BCUT2D eigenvalue weighted by molar-refractivity contribution is 5.97. The van der Waals surface area contributed by atoms with Gasteiger partial charge in [-0.3, -0.25) is 10.8 Å². The molecule has 6 nitrogen and oxygen atoms in total. The number of nitrogens with zero attached hydrogens (tertiary/aromatic N) is 2. The van der Waals surface area contributed by atoms with Gasteiger partial charge in [0.25, 0.3) is 0 Å². The van der Waals surface area contributed by atoms with Gasteiger partial charge in [-0.15, -0.1) is 0 Å². The van der Waals surface area contributed by atoms with Crippen molar-refractivity contribution in [1.29, 1.82) is 0 Å². The summed E-state index contributed by atoms with van der Waals surface area (Å²) in [5.74, 6) is 0.170.